The molecule has 0 aliphatic heterocycles. The van der Waals surface area contributed by atoms with Crippen molar-refractivity contribution in [1.82, 2.24) is 18.3 Å². The minimum absolute atomic E-state index is 1.20. The van der Waals surface area contributed by atoms with Crippen molar-refractivity contribution in [3.63, 3.8) is 0 Å². The average molecular weight is 1880 g/mol. The van der Waals surface area contributed by atoms with Crippen LogP contribution in [0.3, 0.4) is 0 Å². The van der Waals surface area contributed by atoms with E-state index in [1.165, 1.54) is 262 Å². The maximum Gasteiger partial charge on any atom is 0.110 e. The molecule has 0 radical (unpaired) electrons. The molecule has 0 aliphatic carbocycles. The topological polar surface area (TPSA) is 19.7 Å². The first-order valence-corrected chi connectivity index (χ1v) is 52.3. The van der Waals surface area contributed by atoms with Gasteiger partial charge in [-0.3, -0.25) is 0 Å². The minimum Gasteiger partial charge on any atom is -0.301 e. The Labute approximate surface area is 812 Å². The largest absolute Gasteiger partial charge is 0.301 e. The van der Waals surface area contributed by atoms with Crippen LogP contribution in [0, 0.1) is 0 Å². The second kappa shape index (κ2) is 32.3. The SMILES string of the molecule is c1ccc(-c2cc(-c3ccccc3)cc(-n3c4ccccc4c4c5sc6ccccc6c5sc43)c2)cc1.c1ccc(-c2ccc(-n3c4ccccc4c4c5sc6ccccc6c5sc43)cc2)cc1.c1ccc(-c2cccc(-n3c4ccccc4c4c5sc6ccccc6c5sc43)c2)cc1.c1ccc2c(c1)sc1c2sc2c1c1ccccc1n2-c1ccc2c3ccccc3c3ccccc3c2c1. The van der Waals surface area contributed by atoms with E-state index in [1.54, 1.807) is 0 Å². The Morgan fingerprint density at radius 1 is 0.125 bits per heavy atom. The number of benzene rings is 19. The van der Waals surface area contributed by atoms with Gasteiger partial charge in [0.25, 0.3) is 0 Å². The number of thiophene rings is 8. The van der Waals surface area contributed by atoms with Crippen molar-refractivity contribution >= 4 is 285 Å². The number of hydrogen-bond acceptors (Lipinski definition) is 8. The maximum absolute atomic E-state index is 2.49. The van der Waals surface area contributed by atoms with Crippen molar-refractivity contribution in [2.24, 2.45) is 0 Å². The van der Waals surface area contributed by atoms with Crippen molar-refractivity contribution in [1.29, 1.82) is 0 Å². The normalized spacial score (nSPS) is 12.0. The van der Waals surface area contributed by atoms with Gasteiger partial charge in [0.05, 0.1) is 59.7 Å². The van der Waals surface area contributed by atoms with E-state index in [2.05, 4.69) is 467 Å². The predicted molar refractivity (Wildman–Crippen MR) is 600 cm³/mol. The van der Waals surface area contributed by atoms with E-state index in [-0.39, 0.29) is 0 Å². The highest BCUT2D eigenvalue weighted by atomic mass is 32.1. The van der Waals surface area contributed by atoms with Gasteiger partial charge in [-0.1, -0.05) is 346 Å². The van der Waals surface area contributed by atoms with Crippen LogP contribution < -0.4 is 0 Å². The molecule has 19 aromatic carbocycles. The molecule has 136 heavy (non-hydrogen) atoms. The standard InChI is InChI=1S/C34H19NS2.C34H21NS2.2C28H17NS2/c1-2-11-23-21(9-1)22-10-3-4-12-24(22)28-19-20(17-18-25(23)28)35-29-15-7-5-13-26(29)31-33-32(37-34(31)35)27-14-6-8-16-30(27)36-33;1-3-11-22(12-4-1)24-19-25(23-13-5-2-6-14-23)21-26(20-24)35-29-17-9-7-15-27(29)31-33-32(37-34(31)35)28-16-8-10-18-30(28)36-33;1-2-9-18(10-3-1)19-11-8-12-20(17-19)29-23-15-6-4-13-21(23)25-27-26(31-28(25)29)22-14-5-7-16-24(22)30-27;1-2-8-18(9-3-1)19-14-16-20(17-15-19)29-23-12-6-4-10-21(23)25-27-26(31-28(25)29)22-11-5-7-13-24(22)30-27/h1-19H;1-21H;2*1-17H. The fourth-order valence-corrected chi connectivity index (χ4v) is 32.2. The molecule has 31 aromatic rings. The summed E-state index contributed by atoms with van der Waals surface area (Å²) in [6, 6.07) is 163. The molecule has 12 aromatic heterocycles. The Balaban J connectivity index is 0.0000000901. The van der Waals surface area contributed by atoms with Gasteiger partial charge >= 0.3 is 0 Å². The number of fused-ring (bicyclic) bond motifs is 34. The summed E-state index contributed by atoms with van der Waals surface area (Å²) in [4.78, 5) is 5.31. The van der Waals surface area contributed by atoms with Crippen molar-refractivity contribution in [3.05, 3.63) is 449 Å². The summed E-state index contributed by atoms with van der Waals surface area (Å²) in [5, 5.41) is 24.2. The Kier molecular flexibility index (Phi) is 18.9. The molecular weight excluding hydrogens is 1800 g/mol. The molecule has 0 unspecified atom stereocenters. The van der Waals surface area contributed by atoms with Crippen LogP contribution in [0.5, 0.6) is 0 Å². The van der Waals surface area contributed by atoms with Gasteiger partial charge in [-0.25, -0.2) is 0 Å². The van der Waals surface area contributed by atoms with E-state index in [0.717, 1.165) is 0 Å². The molecule has 12 heteroatoms. The molecule has 0 N–H and O–H groups in total. The number of nitrogens with zero attached hydrogens (tertiary/aromatic N) is 4. The maximum atomic E-state index is 2.49. The number of rotatable bonds is 8. The lowest BCUT2D eigenvalue weighted by Crippen LogP contribution is -1.95. The monoisotopic (exact) mass is 1870 g/mol. The van der Waals surface area contributed by atoms with Crippen LogP contribution >= 0.6 is 90.7 Å². The van der Waals surface area contributed by atoms with Gasteiger partial charge in [-0.05, 0) is 180 Å². The summed E-state index contributed by atoms with van der Waals surface area (Å²) in [6.07, 6.45) is 0. The third kappa shape index (κ3) is 12.7. The molecule has 31 rings (SSSR count). The van der Waals surface area contributed by atoms with E-state index in [1.807, 2.05) is 90.7 Å². The molecule has 0 amide bonds. The van der Waals surface area contributed by atoms with Gasteiger partial charge in [0.1, 0.15) is 19.3 Å². The second-order valence-electron chi connectivity index (χ2n) is 34.7. The highest BCUT2D eigenvalue weighted by molar-refractivity contribution is 7.39. The van der Waals surface area contributed by atoms with Crippen LogP contribution in [-0.2, 0) is 0 Å². The van der Waals surface area contributed by atoms with Gasteiger partial charge in [-0.15, -0.1) is 90.7 Å². The zero-order valence-electron chi connectivity index (χ0n) is 72.8. The summed E-state index contributed by atoms with van der Waals surface area (Å²) in [7, 11) is 0. The van der Waals surface area contributed by atoms with Crippen LogP contribution in [0.4, 0.5) is 0 Å². The zero-order valence-corrected chi connectivity index (χ0v) is 79.3. The Morgan fingerprint density at radius 2 is 0.368 bits per heavy atom. The third-order valence-electron chi connectivity index (χ3n) is 27.0. The van der Waals surface area contributed by atoms with Gasteiger partial charge in [-0.2, -0.15) is 0 Å². The number of aromatic nitrogens is 4. The van der Waals surface area contributed by atoms with Crippen molar-refractivity contribution in [3.8, 4) is 67.3 Å². The molecule has 12 heterocycles. The van der Waals surface area contributed by atoms with Gasteiger partial charge in [0, 0.05) is 106 Å². The van der Waals surface area contributed by atoms with Gasteiger partial charge < -0.3 is 18.3 Å². The van der Waals surface area contributed by atoms with Crippen LogP contribution in [0.2, 0.25) is 0 Å². The first-order chi connectivity index (χ1) is 67.5. The molecule has 638 valence electrons. The van der Waals surface area contributed by atoms with Crippen molar-refractivity contribution in [2.75, 3.05) is 0 Å². The van der Waals surface area contributed by atoms with E-state index >= 15 is 0 Å². The van der Waals surface area contributed by atoms with Gasteiger partial charge in [0.15, 0.2) is 0 Å². The minimum atomic E-state index is 1.20. The second-order valence-corrected chi connectivity index (χ2v) is 42.9. The van der Waals surface area contributed by atoms with Gasteiger partial charge in [0.2, 0.25) is 0 Å². The molecule has 0 bridgehead atoms. The first-order valence-electron chi connectivity index (χ1n) is 45.7. The Bertz CT molecular complexity index is 10100. The van der Waals surface area contributed by atoms with Crippen LogP contribution in [-0.4, -0.2) is 18.3 Å². The molecule has 0 aliphatic rings. The van der Waals surface area contributed by atoms with Crippen LogP contribution in [0.1, 0.15) is 0 Å². The zero-order chi connectivity index (χ0) is 89.2. The van der Waals surface area contributed by atoms with Crippen molar-refractivity contribution < 1.29 is 0 Å². The average Bonchev–Trinajstić information content (AvgIpc) is 1.51. The molecule has 0 saturated heterocycles. The summed E-state index contributed by atoms with van der Waals surface area (Å²) in [6.45, 7) is 0. The molecule has 4 nitrogen and oxygen atoms in total. The molecule has 0 saturated carbocycles. The van der Waals surface area contributed by atoms with Crippen LogP contribution in [0.25, 0.3) is 262 Å². The number of hydrogen-bond donors (Lipinski definition) is 0. The summed E-state index contributed by atoms with van der Waals surface area (Å²) in [5.41, 5.74) is 19.8. The lowest BCUT2D eigenvalue weighted by atomic mass is 9.94. The quantitative estimate of drug-likeness (QED) is 0.135. The summed E-state index contributed by atoms with van der Waals surface area (Å²) >= 11 is 15.4. The molecule has 0 fully saturated rings. The predicted octanol–water partition coefficient (Wildman–Crippen LogP) is 39.0. The molecular formula is C124H74N4S8. The van der Waals surface area contributed by atoms with Crippen LogP contribution in [0.15, 0.2) is 449 Å². The Hall–Kier alpha value is -15.2. The number of para-hydroxylation sites is 4. The smallest absolute Gasteiger partial charge is 0.110 e. The molecule has 0 atom stereocenters. The fourth-order valence-electron chi connectivity index (χ4n) is 21.0. The van der Waals surface area contributed by atoms with E-state index < -0.39 is 0 Å². The lowest BCUT2D eigenvalue weighted by Gasteiger charge is -2.13. The molecule has 0 spiro atoms. The van der Waals surface area contributed by atoms with E-state index in [4.69, 9.17) is 0 Å². The first kappa shape index (κ1) is 79.4. The highest BCUT2D eigenvalue weighted by Gasteiger charge is 2.28. The van der Waals surface area contributed by atoms with E-state index in [9.17, 15) is 0 Å². The van der Waals surface area contributed by atoms with E-state index in [0.29, 0.717) is 0 Å². The third-order valence-corrected chi connectivity index (χ3v) is 37.2. The summed E-state index contributed by atoms with van der Waals surface area (Å²) in [5.74, 6) is 0. The summed E-state index contributed by atoms with van der Waals surface area (Å²) < 4.78 is 26.6. The van der Waals surface area contributed by atoms with Crippen molar-refractivity contribution in [2.45, 2.75) is 0 Å². The lowest BCUT2D eigenvalue weighted by molar-refractivity contribution is 1.19. The highest BCUT2D eigenvalue weighted by Crippen LogP contribution is 2.55. The fraction of sp³-hybridized carbons (Fsp3) is 0. The Morgan fingerprint density at radius 3 is 0.728 bits per heavy atom.